The number of aromatic amines is 1. The molecule has 1 heterocycles. The van der Waals surface area contributed by atoms with E-state index in [1.165, 1.54) is 30.3 Å². The number of aromatic nitrogens is 1. The summed E-state index contributed by atoms with van der Waals surface area (Å²) in [5.41, 5.74) is 2.42. The number of benzene rings is 5. The van der Waals surface area contributed by atoms with E-state index in [2.05, 4.69) is 15.6 Å². The molecule has 0 spiro atoms. The van der Waals surface area contributed by atoms with Gasteiger partial charge in [0.05, 0.1) is 22.3 Å². The van der Waals surface area contributed by atoms with Gasteiger partial charge in [0.2, 0.25) is 5.91 Å². The van der Waals surface area contributed by atoms with Gasteiger partial charge in [-0.2, -0.15) is 0 Å². The first-order valence-electron chi connectivity index (χ1n) is 16.3. The lowest BCUT2D eigenvalue weighted by molar-refractivity contribution is -0.118. The van der Waals surface area contributed by atoms with Crippen LogP contribution in [0.2, 0.25) is 0 Å². The molecular weight excluding hydrogens is 662 g/mol. The molecule has 0 aliphatic heterocycles. The van der Waals surface area contributed by atoms with Crippen molar-refractivity contribution in [1.82, 2.24) is 10.3 Å². The van der Waals surface area contributed by atoms with Crippen LogP contribution >= 0.6 is 0 Å². The van der Waals surface area contributed by atoms with E-state index in [-0.39, 0.29) is 47.6 Å². The Kier molecular flexibility index (Phi) is 10.8. The van der Waals surface area contributed by atoms with Crippen molar-refractivity contribution in [2.24, 2.45) is 0 Å². The number of H-pyrrole nitrogens is 1. The fourth-order valence-electron chi connectivity index (χ4n) is 5.54. The summed E-state index contributed by atoms with van der Waals surface area (Å²) in [6, 6.07) is 34.4. The van der Waals surface area contributed by atoms with E-state index < -0.39 is 35.8 Å². The number of fused-ring (bicyclic) bond motifs is 1. The third kappa shape index (κ3) is 8.77. The van der Waals surface area contributed by atoms with E-state index in [0.717, 1.165) is 11.1 Å². The molecule has 0 bridgehead atoms. The summed E-state index contributed by atoms with van der Waals surface area (Å²) in [5, 5.41) is 15.9. The minimum Gasteiger partial charge on any atom is -0.478 e. The minimum absolute atomic E-state index is 0.0191. The Labute approximate surface area is 298 Å². The number of carbonyl (C=O) groups is 5. The van der Waals surface area contributed by atoms with Gasteiger partial charge >= 0.3 is 17.9 Å². The van der Waals surface area contributed by atoms with Crippen LogP contribution in [0.3, 0.4) is 0 Å². The van der Waals surface area contributed by atoms with E-state index in [4.69, 9.17) is 9.47 Å². The summed E-state index contributed by atoms with van der Waals surface area (Å²) in [6.07, 6.45) is 1.66. The molecule has 4 N–H and O–H groups in total. The molecule has 11 nitrogen and oxygen atoms in total. The average Bonchev–Trinajstić information content (AvgIpc) is 3.64. The van der Waals surface area contributed by atoms with Crippen molar-refractivity contribution >= 4 is 46.3 Å². The second-order valence-corrected chi connectivity index (χ2v) is 11.9. The Balaban J connectivity index is 1.28. The lowest BCUT2D eigenvalue weighted by Crippen LogP contribution is -2.45. The number of nitrogens with one attached hydrogen (secondary N) is 3. The zero-order valence-corrected chi connectivity index (χ0v) is 27.7. The molecule has 260 valence electrons. The van der Waals surface area contributed by atoms with Gasteiger partial charge in [0, 0.05) is 29.2 Å². The molecule has 0 saturated heterocycles. The fourth-order valence-corrected chi connectivity index (χ4v) is 5.54. The highest BCUT2D eigenvalue weighted by Gasteiger charge is 2.26. The van der Waals surface area contributed by atoms with E-state index in [9.17, 15) is 29.1 Å². The largest absolute Gasteiger partial charge is 0.478 e. The lowest BCUT2D eigenvalue weighted by Gasteiger charge is -2.20. The molecular formula is C41H33N3O8. The summed E-state index contributed by atoms with van der Waals surface area (Å²) in [5.74, 6) is -4.26. The zero-order chi connectivity index (χ0) is 36.5. The molecule has 2 amide bonds. The molecule has 0 aliphatic carbocycles. The first-order valence-corrected chi connectivity index (χ1v) is 16.3. The number of hydrogen-bond acceptors (Lipinski definition) is 7. The van der Waals surface area contributed by atoms with Crippen LogP contribution in [0, 0.1) is 0 Å². The Bertz CT molecular complexity index is 2160. The predicted octanol–water partition coefficient (Wildman–Crippen LogP) is 6.56. The maximum atomic E-state index is 14.0. The van der Waals surface area contributed by atoms with Gasteiger partial charge in [0.25, 0.3) is 5.91 Å². The summed E-state index contributed by atoms with van der Waals surface area (Å²) < 4.78 is 11.0. The van der Waals surface area contributed by atoms with Crippen molar-refractivity contribution < 1.29 is 38.6 Å². The van der Waals surface area contributed by atoms with Crippen LogP contribution in [0.4, 0.5) is 5.69 Å². The van der Waals surface area contributed by atoms with Crippen LogP contribution in [0.25, 0.3) is 10.9 Å². The van der Waals surface area contributed by atoms with E-state index >= 15 is 0 Å². The number of ether oxygens (including phenoxy) is 2. The summed E-state index contributed by atoms with van der Waals surface area (Å²) in [6.45, 7) is -0.0519. The maximum absolute atomic E-state index is 14.0. The van der Waals surface area contributed by atoms with Gasteiger partial charge in [0.15, 0.2) is 0 Å². The Hall–Kier alpha value is -7.01. The monoisotopic (exact) mass is 695 g/mol. The molecule has 6 rings (SSSR count). The number of rotatable bonds is 13. The Morgan fingerprint density at radius 1 is 0.635 bits per heavy atom. The second kappa shape index (κ2) is 16.1. The molecule has 0 aliphatic rings. The number of anilines is 1. The third-order valence-corrected chi connectivity index (χ3v) is 8.17. The first-order chi connectivity index (χ1) is 25.2. The highest BCUT2D eigenvalue weighted by Crippen LogP contribution is 2.22. The second-order valence-electron chi connectivity index (χ2n) is 11.9. The molecule has 52 heavy (non-hydrogen) atoms. The SMILES string of the molecule is O=C(OCc1ccccc1)c1cc(NC(=O)[C@H](Cc2ccccc2)NC(=O)c2cc3[nH]ccc3cc2C(=O)O)cc(C(=O)OCc2ccccc2)c1. The van der Waals surface area contributed by atoms with E-state index in [0.29, 0.717) is 16.5 Å². The molecule has 0 unspecified atom stereocenters. The van der Waals surface area contributed by atoms with Crippen LogP contribution in [0.15, 0.2) is 134 Å². The number of carboxylic acid groups (broad SMARTS) is 1. The van der Waals surface area contributed by atoms with Gasteiger partial charge in [-0.25, -0.2) is 14.4 Å². The summed E-state index contributed by atoms with van der Waals surface area (Å²) >= 11 is 0. The number of esters is 2. The van der Waals surface area contributed by atoms with E-state index in [1.807, 2.05) is 42.5 Å². The third-order valence-electron chi connectivity index (χ3n) is 8.17. The number of carboxylic acids is 1. The van der Waals surface area contributed by atoms with Gasteiger partial charge in [-0.05, 0) is 53.1 Å². The van der Waals surface area contributed by atoms with Gasteiger partial charge in [-0.1, -0.05) is 91.0 Å². The topological polar surface area (TPSA) is 164 Å². The first kappa shape index (κ1) is 34.8. The molecule has 6 aromatic rings. The standard InChI is InChI=1S/C41H33N3O8/c45-37(33-23-35-29(16-17-42-35)22-34(33)39(47)48)44-36(18-26-10-4-1-5-11-26)38(46)43-32-20-30(40(49)51-24-27-12-6-2-7-13-27)19-31(21-32)41(50)52-25-28-14-8-3-9-15-28/h1-17,19-23,36,42H,18,24-25H2,(H,43,46)(H,44,45)(H,47,48)/t36-/m0/s1. The fraction of sp³-hybridized carbons (Fsp3) is 0.0976. The lowest BCUT2D eigenvalue weighted by atomic mass is 10.0. The number of aromatic carboxylic acids is 1. The van der Waals surface area contributed by atoms with Crippen LogP contribution in [0.1, 0.15) is 58.1 Å². The van der Waals surface area contributed by atoms with Crippen LogP contribution in [0.5, 0.6) is 0 Å². The van der Waals surface area contributed by atoms with Crippen molar-refractivity contribution in [2.75, 3.05) is 5.32 Å². The number of amides is 2. The van der Waals surface area contributed by atoms with Crippen molar-refractivity contribution in [2.45, 2.75) is 25.7 Å². The highest BCUT2D eigenvalue weighted by molar-refractivity contribution is 6.10. The molecule has 5 aromatic carbocycles. The quantitative estimate of drug-likeness (QED) is 0.0987. The Morgan fingerprint density at radius 3 is 1.71 bits per heavy atom. The van der Waals surface area contributed by atoms with Gasteiger partial charge < -0.3 is 30.2 Å². The molecule has 1 atom stereocenters. The van der Waals surface area contributed by atoms with Crippen LogP contribution in [-0.4, -0.2) is 45.9 Å². The van der Waals surface area contributed by atoms with Gasteiger partial charge in [-0.15, -0.1) is 0 Å². The van der Waals surface area contributed by atoms with Gasteiger partial charge in [-0.3, -0.25) is 9.59 Å². The smallest absolute Gasteiger partial charge is 0.338 e. The average molecular weight is 696 g/mol. The van der Waals surface area contributed by atoms with Crippen molar-refractivity contribution in [3.05, 3.63) is 173 Å². The zero-order valence-electron chi connectivity index (χ0n) is 27.7. The van der Waals surface area contributed by atoms with E-state index in [1.54, 1.807) is 60.8 Å². The van der Waals surface area contributed by atoms with Crippen molar-refractivity contribution in [3.63, 3.8) is 0 Å². The summed E-state index contributed by atoms with van der Waals surface area (Å²) in [4.78, 5) is 69.2. The number of hydrogen-bond donors (Lipinski definition) is 4. The van der Waals surface area contributed by atoms with Crippen molar-refractivity contribution in [3.8, 4) is 0 Å². The van der Waals surface area contributed by atoms with Gasteiger partial charge in [0.1, 0.15) is 19.3 Å². The normalized spacial score (nSPS) is 11.3. The molecule has 11 heteroatoms. The van der Waals surface area contributed by atoms with Crippen molar-refractivity contribution in [1.29, 1.82) is 0 Å². The highest BCUT2D eigenvalue weighted by atomic mass is 16.5. The number of carbonyl (C=O) groups excluding carboxylic acids is 4. The van der Waals surface area contributed by atoms with Crippen LogP contribution < -0.4 is 10.6 Å². The summed E-state index contributed by atoms with van der Waals surface area (Å²) in [7, 11) is 0. The predicted molar refractivity (Wildman–Crippen MR) is 193 cm³/mol. The van der Waals surface area contributed by atoms with Crippen LogP contribution in [-0.2, 0) is 33.9 Å². The molecule has 0 saturated carbocycles. The molecule has 1 aromatic heterocycles. The molecule has 0 fully saturated rings. The Morgan fingerprint density at radius 2 is 1.17 bits per heavy atom. The minimum atomic E-state index is -1.31. The molecule has 0 radical (unpaired) electrons. The maximum Gasteiger partial charge on any atom is 0.338 e.